The molecule has 36 heavy (non-hydrogen) atoms. The molecular weight excluding hydrogens is 458 g/mol. The minimum absolute atomic E-state index is 0.166. The van der Waals surface area contributed by atoms with Crippen LogP contribution in [0.3, 0.4) is 0 Å². The zero-order valence-corrected chi connectivity index (χ0v) is 21.5. The molecule has 4 rings (SSSR count). The molecule has 0 saturated carbocycles. The SMILES string of the molecule is CCc1nccn1CCOc1ccc(CN2CCOCC(O)(COc3cccc(C)c3)C2)cc1OC. The Morgan fingerprint density at radius 1 is 1.14 bits per heavy atom. The van der Waals surface area contributed by atoms with E-state index >= 15 is 0 Å². The van der Waals surface area contributed by atoms with Gasteiger partial charge in [0.2, 0.25) is 0 Å². The van der Waals surface area contributed by atoms with E-state index in [-0.39, 0.29) is 13.2 Å². The predicted octanol–water partition coefficient (Wildman–Crippen LogP) is 3.48. The maximum absolute atomic E-state index is 11.2. The lowest BCUT2D eigenvalue weighted by molar-refractivity contribution is -0.0646. The van der Waals surface area contributed by atoms with E-state index in [0.29, 0.717) is 37.8 Å². The maximum atomic E-state index is 11.2. The van der Waals surface area contributed by atoms with Crippen LogP contribution in [0.25, 0.3) is 0 Å². The fourth-order valence-corrected chi connectivity index (χ4v) is 4.44. The molecule has 1 atom stereocenters. The molecule has 1 aliphatic rings. The van der Waals surface area contributed by atoms with Crippen LogP contribution in [0.1, 0.15) is 23.9 Å². The van der Waals surface area contributed by atoms with E-state index in [9.17, 15) is 5.11 Å². The van der Waals surface area contributed by atoms with Crippen LogP contribution in [-0.2, 0) is 24.2 Å². The van der Waals surface area contributed by atoms with Crippen molar-refractivity contribution >= 4 is 0 Å². The van der Waals surface area contributed by atoms with Crippen molar-refractivity contribution in [2.45, 2.75) is 39.0 Å². The van der Waals surface area contributed by atoms with E-state index in [4.69, 9.17) is 18.9 Å². The summed E-state index contributed by atoms with van der Waals surface area (Å²) < 4.78 is 25.4. The summed E-state index contributed by atoms with van der Waals surface area (Å²) in [4.78, 5) is 6.54. The second kappa shape index (κ2) is 12.3. The Morgan fingerprint density at radius 3 is 2.83 bits per heavy atom. The molecule has 1 N–H and O–H groups in total. The molecule has 1 aliphatic heterocycles. The number of nitrogens with zero attached hydrogens (tertiary/aromatic N) is 3. The molecule has 0 radical (unpaired) electrons. The molecule has 2 aromatic carbocycles. The lowest BCUT2D eigenvalue weighted by atomic mass is 10.1. The summed E-state index contributed by atoms with van der Waals surface area (Å²) in [6.07, 6.45) is 4.68. The first-order valence-electron chi connectivity index (χ1n) is 12.5. The van der Waals surface area contributed by atoms with Gasteiger partial charge in [0.05, 0.1) is 26.9 Å². The minimum atomic E-state index is -1.10. The second-order valence-electron chi connectivity index (χ2n) is 9.32. The predicted molar refractivity (Wildman–Crippen MR) is 138 cm³/mol. The van der Waals surface area contributed by atoms with Crippen molar-refractivity contribution in [3.05, 3.63) is 71.8 Å². The smallest absolute Gasteiger partial charge is 0.161 e. The first kappa shape index (κ1) is 26.0. The summed E-state index contributed by atoms with van der Waals surface area (Å²) in [5, 5.41) is 11.2. The molecule has 3 aromatic rings. The highest BCUT2D eigenvalue weighted by Crippen LogP contribution is 2.29. The maximum Gasteiger partial charge on any atom is 0.161 e. The van der Waals surface area contributed by atoms with Crippen LogP contribution in [0.5, 0.6) is 17.2 Å². The van der Waals surface area contributed by atoms with Crippen molar-refractivity contribution in [3.8, 4) is 17.2 Å². The Labute approximate surface area is 213 Å². The molecule has 194 valence electrons. The highest BCUT2D eigenvalue weighted by molar-refractivity contribution is 5.43. The number of β-amino-alcohol motifs (C(OH)–C–C–N with tert-alkyl or cyclic N) is 1. The van der Waals surface area contributed by atoms with Gasteiger partial charge < -0.3 is 28.6 Å². The number of hydrogen-bond donors (Lipinski definition) is 1. The lowest BCUT2D eigenvalue weighted by Crippen LogP contribution is -2.48. The van der Waals surface area contributed by atoms with Crippen LogP contribution in [0, 0.1) is 6.92 Å². The van der Waals surface area contributed by atoms with Crippen LogP contribution in [-0.4, -0.2) is 71.8 Å². The third-order valence-corrected chi connectivity index (χ3v) is 6.28. The average molecular weight is 496 g/mol. The Hall–Kier alpha value is -3.07. The minimum Gasteiger partial charge on any atom is -0.493 e. The van der Waals surface area contributed by atoms with Gasteiger partial charge in [0.1, 0.15) is 30.4 Å². The first-order chi connectivity index (χ1) is 17.5. The van der Waals surface area contributed by atoms with Gasteiger partial charge in [-0.15, -0.1) is 0 Å². The fraction of sp³-hybridized carbons (Fsp3) is 0.464. The van der Waals surface area contributed by atoms with Crippen molar-refractivity contribution in [2.75, 3.05) is 46.6 Å². The molecule has 1 aromatic heterocycles. The van der Waals surface area contributed by atoms with Gasteiger partial charge in [-0.1, -0.05) is 25.1 Å². The van der Waals surface area contributed by atoms with Crippen molar-refractivity contribution < 1.29 is 24.1 Å². The second-order valence-corrected chi connectivity index (χ2v) is 9.32. The number of aryl methyl sites for hydroxylation is 2. The number of benzene rings is 2. The van der Waals surface area contributed by atoms with Gasteiger partial charge in [0, 0.05) is 38.4 Å². The Morgan fingerprint density at radius 2 is 2.03 bits per heavy atom. The van der Waals surface area contributed by atoms with Gasteiger partial charge in [-0.3, -0.25) is 4.90 Å². The topological polar surface area (TPSA) is 78.2 Å². The molecule has 0 spiro atoms. The molecule has 0 amide bonds. The Balaban J connectivity index is 1.35. The number of rotatable bonds is 11. The highest BCUT2D eigenvalue weighted by Gasteiger charge is 2.33. The van der Waals surface area contributed by atoms with Gasteiger partial charge in [0.15, 0.2) is 11.5 Å². The average Bonchev–Trinajstić information content (AvgIpc) is 3.25. The normalized spacial score (nSPS) is 18.6. The van der Waals surface area contributed by atoms with Crippen LogP contribution in [0.4, 0.5) is 0 Å². The van der Waals surface area contributed by atoms with Gasteiger partial charge in [-0.25, -0.2) is 4.98 Å². The van der Waals surface area contributed by atoms with Crippen molar-refractivity contribution in [1.82, 2.24) is 14.5 Å². The summed E-state index contributed by atoms with van der Waals surface area (Å²) in [5.41, 5.74) is 1.09. The molecule has 1 unspecified atom stereocenters. The number of ether oxygens (including phenoxy) is 4. The summed E-state index contributed by atoms with van der Waals surface area (Å²) >= 11 is 0. The number of aromatic nitrogens is 2. The van der Waals surface area contributed by atoms with E-state index in [1.54, 1.807) is 7.11 Å². The third-order valence-electron chi connectivity index (χ3n) is 6.28. The zero-order valence-electron chi connectivity index (χ0n) is 21.5. The standard InChI is InChI=1S/C28H37N3O5/c1-4-27-29-10-11-31(27)13-15-35-25-9-8-23(17-26(25)33-3)18-30-12-14-34-20-28(32,19-30)21-36-24-7-5-6-22(2)16-24/h5-11,16-17,32H,4,12-15,18-21H2,1-3H3. The summed E-state index contributed by atoms with van der Waals surface area (Å²) in [6, 6.07) is 13.8. The monoisotopic (exact) mass is 495 g/mol. The summed E-state index contributed by atoms with van der Waals surface area (Å²) in [7, 11) is 1.65. The highest BCUT2D eigenvalue weighted by atomic mass is 16.5. The Bertz CT molecular complexity index is 1120. The number of methoxy groups -OCH3 is 1. The van der Waals surface area contributed by atoms with Crippen molar-refractivity contribution in [2.24, 2.45) is 0 Å². The van der Waals surface area contributed by atoms with Gasteiger partial charge in [0.25, 0.3) is 0 Å². The molecule has 1 saturated heterocycles. The first-order valence-corrected chi connectivity index (χ1v) is 12.5. The van der Waals surface area contributed by atoms with E-state index in [1.807, 2.05) is 61.8 Å². The quantitative estimate of drug-likeness (QED) is 0.436. The van der Waals surface area contributed by atoms with Gasteiger partial charge >= 0.3 is 0 Å². The van der Waals surface area contributed by atoms with Crippen molar-refractivity contribution in [3.63, 3.8) is 0 Å². The summed E-state index contributed by atoms with van der Waals surface area (Å²) in [5.74, 6) is 3.20. The third kappa shape index (κ3) is 7.00. The van der Waals surface area contributed by atoms with E-state index in [2.05, 4.69) is 21.4 Å². The molecular formula is C28H37N3O5. The van der Waals surface area contributed by atoms with Gasteiger partial charge in [-0.05, 0) is 42.3 Å². The number of imidazole rings is 1. The fourth-order valence-electron chi connectivity index (χ4n) is 4.44. The van der Waals surface area contributed by atoms with Crippen molar-refractivity contribution in [1.29, 1.82) is 0 Å². The molecule has 8 nitrogen and oxygen atoms in total. The van der Waals surface area contributed by atoms with Crippen LogP contribution in [0.2, 0.25) is 0 Å². The molecule has 0 bridgehead atoms. The lowest BCUT2D eigenvalue weighted by Gasteiger charge is -2.30. The largest absolute Gasteiger partial charge is 0.493 e. The molecule has 1 fully saturated rings. The van der Waals surface area contributed by atoms with Crippen LogP contribution in [0.15, 0.2) is 54.9 Å². The molecule has 2 heterocycles. The number of aliphatic hydroxyl groups is 1. The van der Waals surface area contributed by atoms with Gasteiger partial charge in [-0.2, -0.15) is 0 Å². The molecule has 8 heteroatoms. The zero-order chi connectivity index (χ0) is 25.4. The van der Waals surface area contributed by atoms with Crippen LogP contribution < -0.4 is 14.2 Å². The van der Waals surface area contributed by atoms with Crippen LogP contribution >= 0.6 is 0 Å². The van der Waals surface area contributed by atoms with E-state index < -0.39 is 5.60 Å². The van der Waals surface area contributed by atoms with E-state index in [0.717, 1.165) is 42.2 Å². The molecule has 0 aliphatic carbocycles. The Kier molecular flexibility index (Phi) is 8.85. The van der Waals surface area contributed by atoms with E-state index in [1.165, 1.54) is 0 Å². The number of hydrogen-bond acceptors (Lipinski definition) is 7. The summed E-state index contributed by atoms with van der Waals surface area (Å²) in [6.45, 7) is 8.15.